The normalized spacial score (nSPS) is 12.7. The standard InChI is InChI=1S/C16H28O3Si/c1-20(2,3)10-9-19-14-16(12-17,13-18)11-15-7-5-4-6-8-15/h4-8,17-18H,9-14H2,1-3H3. The van der Waals surface area contributed by atoms with Crippen molar-refractivity contribution in [3.63, 3.8) is 0 Å². The van der Waals surface area contributed by atoms with Crippen molar-refractivity contribution in [1.82, 2.24) is 0 Å². The average molecular weight is 296 g/mol. The van der Waals surface area contributed by atoms with E-state index in [2.05, 4.69) is 19.6 Å². The van der Waals surface area contributed by atoms with Gasteiger partial charge in [0.05, 0.1) is 19.8 Å². The highest BCUT2D eigenvalue weighted by molar-refractivity contribution is 6.76. The number of rotatable bonds is 9. The van der Waals surface area contributed by atoms with Crippen LogP contribution in [0.2, 0.25) is 25.7 Å². The summed E-state index contributed by atoms with van der Waals surface area (Å²) in [6.45, 7) is 7.92. The predicted molar refractivity (Wildman–Crippen MR) is 85.7 cm³/mol. The van der Waals surface area contributed by atoms with E-state index in [9.17, 15) is 10.2 Å². The average Bonchev–Trinajstić information content (AvgIpc) is 2.42. The van der Waals surface area contributed by atoms with Crippen molar-refractivity contribution in [3.8, 4) is 0 Å². The van der Waals surface area contributed by atoms with Gasteiger partial charge < -0.3 is 14.9 Å². The first-order valence-corrected chi connectivity index (χ1v) is 10.9. The van der Waals surface area contributed by atoms with Crippen LogP contribution in [0.15, 0.2) is 30.3 Å². The lowest BCUT2D eigenvalue weighted by Gasteiger charge is -2.30. The van der Waals surface area contributed by atoms with Crippen molar-refractivity contribution in [2.24, 2.45) is 5.41 Å². The maximum absolute atomic E-state index is 9.67. The smallest absolute Gasteiger partial charge is 0.0569 e. The Kier molecular flexibility index (Phi) is 6.89. The highest BCUT2D eigenvalue weighted by Crippen LogP contribution is 2.23. The predicted octanol–water partition coefficient (Wildman–Crippen LogP) is 2.55. The van der Waals surface area contributed by atoms with E-state index in [1.165, 1.54) is 0 Å². The van der Waals surface area contributed by atoms with Gasteiger partial charge in [-0.3, -0.25) is 0 Å². The van der Waals surface area contributed by atoms with Crippen LogP contribution in [0.5, 0.6) is 0 Å². The lowest BCUT2D eigenvalue weighted by Crippen LogP contribution is -2.38. The van der Waals surface area contributed by atoms with Crippen LogP contribution in [0.1, 0.15) is 5.56 Å². The van der Waals surface area contributed by atoms with E-state index in [0.717, 1.165) is 11.6 Å². The Hall–Kier alpha value is -0.683. The van der Waals surface area contributed by atoms with Gasteiger partial charge in [0.25, 0.3) is 0 Å². The topological polar surface area (TPSA) is 49.7 Å². The largest absolute Gasteiger partial charge is 0.396 e. The molecule has 0 aliphatic carbocycles. The van der Waals surface area contributed by atoms with Crippen molar-refractivity contribution < 1.29 is 14.9 Å². The molecule has 0 aromatic heterocycles. The van der Waals surface area contributed by atoms with Gasteiger partial charge in [0, 0.05) is 20.1 Å². The van der Waals surface area contributed by atoms with E-state index in [4.69, 9.17) is 4.74 Å². The summed E-state index contributed by atoms with van der Waals surface area (Å²) >= 11 is 0. The van der Waals surface area contributed by atoms with Gasteiger partial charge in [-0.25, -0.2) is 0 Å². The van der Waals surface area contributed by atoms with Crippen LogP contribution in [-0.2, 0) is 11.2 Å². The van der Waals surface area contributed by atoms with E-state index in [-0.39, 0.29) is 13.2 Å². The van der Waals surface area contributed by atoms with Crippen molar-refractivity contribution in [1.29, 1.82) is 0 Å². The molecule has 0 aliphatic heterocycles. The Bertz CT molecular complexity index is 369. The SMILES string of the molecule is C[Si](C)(C)CCOCC(CO)(CO)Cc1ccccc1. The quantitative estimate of drug-likeness (QED) is 0.544. The number of aliphatic hydroxyl groups is 2. The number of hydrogen-bond donors (Lipinski definition) is 2. The third-order valence-corrected chi connectivity index (χ3v) is 5.20. The number of hydrogen-bond acceptors (Lipinski definition) is 3. The highest BCUT2D eigenvalue weighted by atomic mass is 28.3. The zero-order valence-electron chi connectivity index (χ0n) is 12.9. The molecule has 1 aromatic carbocycles. The summed E-state index contributed by atoms with van der Waals surface area (Å²) in [5, 5.41) is 19.3. The molecule has 0 saturated heterocycles. The van der Waals surface area contributed by atoms with Gasteiger partial charge in [-0.15, -0.1) is 0 Å². The van der Waals surface area contributed by atoms with Crippen LogP contribution in [0.3, 0.4) is 0 Å². The van der Waals surface area contributed by atoms with Gasteiger partial charge in [0.2, 0.25) is 0 Å². The molecule has 114 valence electrons. The summed E-state index contributed by atoms with van der Waals surface area (Å²) in [5.41, 5.74) is 0.533. The van der Waals surface area contributed by atoms with E-state index >= 15 is 0 Å². The summed E-state index contributed by atoms with van der Waals surface area (Å²) in [7, 11) is -1.10. The Labute approximate surface area is 123 Å². The fourth-order valence-corrected chi connectivity index (χ4v) is 2.76. The summed E-state index contributed by atoms with van der Waals surface area (Å²) in [5.74, 6) is 0. The first-order chi connectivity index (χ1) is 9.41. The first-order valence-electron chi connectivity index (χ1n) is 7.24. The van der Waals surface area contributed by atoms with Gasteiger partial charge in [0.15, 0.2) is 0 Å². The Morgan fingerprint density at radius 1 is 1.05 bits per heavy atom. The molecule has 0 radical (unpaired) electrons. The second-order valence-corrected chi connectivity index (χ2v) is 12.5. The molecule has 2 N–H and O–H groups in total. The molecular formula is C16H28O3Si. The molecule has 0 aliphatic rings. The minimum Gasteiger partial charge on any atom is -0.396 e. The number of ether oxygens (including phenoxy) is 1. The second kappa shape index (κ2) is 7.93. The van der Waals surface area contributed by atoms with E-state index in [0.29, 0.717) is 19.6 Å². The summed E-state index contributed by atoms with van der Waals surface area (Å²) < 4.78 is 5.74. The third-order valence-electron chi connectivity index (χ3n) is 3.50. The van der Waals surface area contributed by atoms with Gasteiger partial charge >= 0.3 is 0 Å². The van der Waals surface area contributed by atoms with Crippen LogP contribution >= 0.6 is 0 Å². The van der Waals surface area contributed by atoms with Crippen LogP contribution in [-0.4, -0.2) is 44.7 Å². The zero-order chi connectivity index (χ0) is 15.1. The molecule has 0 unspecified atom stereocenters. The fraction of sp³-hybridized carbons (Fsp3) is 0.625. The lowest BCUT2D eigenvalue weighted by molar-refractivity contribution is -0.0242. The minimum absolute atomic E-state index is 0.0641. The molecule has 20 heavy (non-hydrogen) atoms. The summed E-state index contributed by atoms with van der Waals surface area (Å²) in [6.07, 6.45) is 0.633. The molecule has 1 aromatic rings. The van der Waals surface area contributed by atoms with E-state index in [1.807, 2.05) is 30.3 Å². The molecule has 0 saturated carbocycles. The number of aliphatic hydroxyl groups excluding tert-OH is 2. The number of benzene rings is 1. The molecule has 4 heteroatoms. The molecule has 0 heterocycles. The van der Waals surface area contributed by atoms with Gasteiger partial charge in [0.1, 0.15) is 0 Å². The van der Waals surface area contributed by atoms with Crippen molar-refractivity contribution >= 4 is 8.07 Å². The summed E-state index contributed by atoms with van der Waals surface area (Å²) in [6, 6.07) is 11.0. The minimum atomic E-state index is -1.10. The maximum atomic E-state index is 9.67. The van der Waals surface area contributed by atoms with Crippen LogP contribution in [0.25, 0.3) is 0 Å². The lowest BCUT2D eigenvalue weighted by atomic mass is 9.84. The molecule has 0 bridgehead atoms. The molecular weight excluding hydrogens is 268 g/mol. The van der Waals surface area contributed by atoms with Crippen LogP contribution < -0.4 is 0 Å². The van der Waals surface area contributed by atoms with Gasteiger partial charge in [-0.05, 0) is 18.0 Å². The van der Waals surface area contributed by atoms with Crippen molar-refractivity contribution in [3.05, 3.63) is 35.9 Å². The highest BCUT2D eigenvalue weighted by Gasteiger charge is 2.29. The Balaban J connectivity index is 2.54. The molecule has 0 amide bonds. The molecule has 0 spiro atoms. The van der Waals surface area contributed by atoms with Crippen molar-refractivity contribution in [2.45, 2.75) is 32.1 Å². The molecule has 3 nitrogen and oxygen atoms in total. The second-order valence-electron chi connectivity index (χ2n) is 6.84. The van der Waals surface area contributed by atoms with E-state index in [1.54, 1.807) is 0 Å². The molecule has 0 fully saturated rings. The monoisotopic (exact) mass is 296 g/mol. The van der Waals surface area contributed by atoms with Crippen LogP contribution in [0.4, 0.5) is 0 Å². The van der Waals surface area contributed by atoms with Gasteiger partial charge in [-0.2, -0.15) is 0 Å². The summed E-state index contributed by atoms with van der Waals surface area (Å²) in [4.78, 5) is 0. The maximum Gasteiger partial charge on any atom is 0.0569 e. The van der Waals surface area contributed by atoms with E-state index < -0.39 is 13.5 Å². The Morgan fingerprint density at radius 2 is 1.65 bits per heavy atom. The third kappa shape index (κ3) is 6.18. The molecule has 1 rings (SSSR count). The zero-order valence-corrected chi connectivity index (χ0v) is 13.9. The molecule has 0 atom stereocenters. The first kappa shape index (κ1) is 17.4. The fourth-order valence-electron chi connectivity index (χ4n) is 2.00. The van der Waals surface area contributed by atoms with Crippen LogP contribution in [0, 0.1) is 5.41 Å². The van der Waals surface area contributed by atoms with Crippen molar-refractivity contribution in [2.75, 3.05) is 26.4 Å². The Morgan fingerprint density at radius 3 is 2.15 bits per heavy atom. The van der Waals surface area contributed by atoms with Gasteiger partial charge in [-0.1, -0.05) is 50.0 Å².